The number of Topliss-reactive ketones (excluding diaryl/α,β-unsaturated/α-hetero) is 1. The fraction of sp³-hybridized carbons (Fsp3) is 0.533. The summed E-state index contributed by atoms with van der Waals surface area (Å²) < 4.78 is 8.80. The van der Waals surface area contributed by atoms with Crippen molar-refractivity contribution in [3.8, 4) is 11.1 Å². The van der Waals surface area contributed by atoms with Crippen LogP contribution in [-0.4, -0.2) is 20.9 Å². The fourth-order valence-electron chi connectivity index (χ4n) is 5.58. The maximum Gasteiger partial charge on any atom is 0.163 e. The number of hydrogen-bond donors (Lipinski definition) is 0. The predicted octanol–water partition coefficient (Wildman–Crippen LogP) is 8.31. The van der Waals surface area contributed by atoms with Gasteiger partial charge in [-0.15, -0.1) is 0 Å². The number of rotatable bonds is 6. The van der Waals surface area contributed by atoms with Crippen molar-refractivity contribution >= 4 is 28.4 Å². The van der Waals surface area contributed by atoms with Gasteiger partial charge in [0.05, 0.1) is 5.60 Å². The zero-order valence-corrected chi connectivity index (χ0v) is 23.1. The van der Waals surface area contributed by atoms with E-state index in [9.17, 15) is 4.79 Å². The van der Waals surface area contributed by atoms with E-state index in [0.717, 1.165) is 40.0 Å². The minimum atomic E-state index is -0.695. The maximum atomic E-state index is 13.0. The van der Waals surface area contributed by atoms with Crippen LogP contribution in [0.25, 0.3) is 22.2 Å². The van der Waals surface area contributed by atoms with Crippen LogP contribution in [0.15, 0.2) is 24.3 Å². The predicted molar refractivity (Wildman–Crippen MR) is 145 cm³/mol. The van der Waals surface area contributed by atoms with E-state index in [4.69, 9.17) is 21.3 Å². The number of aryl methyl sites for hydroxylation is 2. The lowest BCUT2D eigenvalue weighted by Gasteiger charge is -2.29. The summed E-state index contributed by atoms with van der Waals surface area (Å²) in [6.07, 6.45) is 5.86. The first kappa shape index (κ1) is 25.9. The number of nitrogens with zero attached hydrogens (tertiary/aromatic N) is 2. The Hall–Kier alpha value is -2.17. The number of carbonyl (C=O) groups is 1. The van der Waals surface area contributed by atoms with Crippen molar-refractivity contribution in [2.24, 2.45) is 5.92 Å². The van der Waals surface area contributed by atoms with Crippen LogP contribution in [0.3, 0.4) is 0 Å². The second-order valence-electron chi connectivity index (χ2n) is 11.2. The third kappa shape index (κ3) is 5.34. The van der Waals surface area contributed by atoms with Gasteiger partial charge >= 0.3 is 0 Å². The molecule has 0 spiro atoms. The Morgan fingerprint density at radius 2 is 1.74 bits per heavy atom. The van der Waals surface area contributed by atoms with E-state index in [-0.39, 0.29) is 5.78 Å². The molecule has 0 radical (unpaired) electrons. The van der Waals surface area contributed by atoms with E-state index >= 15 is 0 Å². The van der Waals surface area contributed by atoms with E-state index < -0.39 is 11.7 Å². The second-order valence-corrected chi connectivity index (χ2v) is 11.7. The van der Waals surface area contributed by atoms with Crippen molar-refractivity contribution in [3.05, 3.63) is 51.8 Å². The van der Waals surface area contributed by atoms with Crippen LogP contribution >= 0.6 is 11.6 Å². The Kier molecular flexibility index (Phi) is 7.45. The molecular weight excluding hydrogens is 456 g/mol. The van der Waals surface area contributed by atoms with Crippen molar-refractivity contribution in [1.82, 2.24) is 9.55 Å². The number of pyridine rings is 1. The average molecular weight is 495 g/mol. The highest BCUT2D eigenvalue weighted by atomic mass is 35.5. The molecular formula is C30H39ClN2O2. The maximum absolute atomic E-state index is 13.0. The van der Waals surface area contributed by atoms with Crippen LogP contribution in [0.4, 0.5) is 0 Å². The van der Waals surface area contributed by atoms with Crippen molar-refractivity contribution in [3.63, 3.8) is 0 Å². The molecule has 0 N–H and O–H groups in total. The Morgan fingerprint density at radius 1 is 1.11 bits per heavy atom. The van der Waals surface area contributed by atoms with Gasteiger partial charge in [0.25, 0.3) is 0 Å². The summed E-state index contributed by atoms with van der Waals surface area (Å²) in [4.78, 5) is 18.2. The van der Waals surface area contributed by atoms with Crippen LogP contribution in [0, 0.1) is 26.7 Å². The minimum absolute atomic E-state index is 0.0181. The highest BCUT2D eigenvalue weighted by Gasteiger charge is 2.32. The fourth-order valence-corrected chi connectivity index (χ4v) is 5.71. The lowest BCUT2D eigenvalue weighted by molar-refractivity contribution is -0.138. The summed E-state index contributed by atoms with van der Waals surface area (Å²) in [5.41, 5.74) is 6.77. The molecule has 1 fully saturated rings. The molecule has 2 aromatic heterocycles. The van der Waals surface area contributed by atoms with Crippen LogP contribution in [0.5, 0.6) is 0 Å². The molecule has 2 heterocycles. The van der Waals surface area contributed by atoms with Crippen molar-refractivity contribution in [2.75, 3.05) is 0 Å². The summed E-state index contributed by atoms with van der Waals surface area (Å²) in [6.45, 7) is 15.0. The van der Waals surface area contributed by atoms with Gasteiger partial charge in [-0.05, 0) is 90.5 Å². The summed E-state index contributed by atoms with van der Waals surface area (Å²) in [5.74, 6) is 0.669. The zero-order chi connectivity index (χ0) is 25.5. The monoisotopic (exact) mass is 494 g/mol. The Labute approximate surface area is 215 Å². The molecule has 1 aliphatic rings. The summed E-state index contributed by atoms with van der Waals surface area (Å²) in [6, 6.07) is 7.91. The van der Waals surface area contributed by atoms with E-state index in [1.807, 2.05) is 52.0 Å². The molecule has 4 nitrogen and oxygen atoms in total. The first-order valence-electron chi connectivity index (χ1n) is 12.9. The zero-order valence-electron chi connectivity index (χ0n) is 22.3. The van der Waals surface area contributed by atoms with Gasteiger partial charge < -0.3 is 9.30 Å². The Balaban J connectivity index is 2.02. The van der Waals surface area contributed by atoms with Gasteiger partial charge in [0, 0.05) is 39.5 Å². The van der Waals surface area contributed by atoms with Gasteiger partial charge in [-0.1, -0.05) is 43.0 Å². The molecule has 0 aliphatic heterocycles. The summed E-state index contributed by atoms with van der Waals surface area (Å²) in [7, 11) is 0. The molecule has 1 saturated carbocycles. The SMILES string of the molecule is CC(=O)[C@@H](OC(C)(C)C)c1c(C)nc2c(c(C)c(C)n2CC2CCCCC2)c1-c1ccc(Cl)cc1. The molecule has 0 unspecified atom stereocenters. The van der Waals surface area contributed by atoms with Gasteiger partial charge in [-0.3, -0.25) is 4.79 Å². The van der Waals surface area contributed by atoms with Gasteiger partial charge in [-0.25, -0.2) is 4.98 Å². The molecule has 1 atom stereocenters. The third-order valence-corrected chi connectivity index (χ3v) is 7.64. The molecule has 1 aliphatic carbocycles. The lowest BCUT2D eigenvalue weighted by Crippen LogP contribution is -2.27. The highest BCUT2D eigenvalue weighted by molar-refractivity contribution is 6.30. The second kappa shape index (κ2) is 10.1. The summed E-state index contributed by atoms with van der Waals surface area (Å²) in [5, 5.41) is 1.80. The molecule has 35 heavy (non-hydrogen) atoms. The topological polar surface area (TPSA) is 44.1 Å². The average Bonchev–Trinajstić information content (AvgIpc) is 3.02. The molecule has 188 valence electrons. The number of halogens is 1. The molecule has 3 aromatic rings. The van der Waals surface area contributed by atoms with Crippen LogP contribution < -0.4 is 0 Å². The van der Waals surface area contributed by atoms with E-state index in [1.165, 1.54) is 43.4 Å². The number of hydrogen-bond acceptors (Lipinski definition) is 3. The smallest absolute Gasteiger partial charge is 0.163 e. The first-order chi connectivity index (χ1) is 16.5. The number of fused-ring (bicyclic) bond motifs is 1. The Bertz CT molecular complexity index is 1230. The van der Waals surface area contributed by atoms with Crippen molar-refractivity contribution < 1.29 is 9.53 Å². The van der Waals surface area contributed by atoms with E-state index in [1.54, 1.807) is 6.92 Å². The molecule has 0 saturated heterocycles. The number of carbonyl (C=O) groups excluding carboxylic acids is 1. The van der Waals surface area contributed by atoms with Crippen molar-refractivity contribution in [2.45, 2.75) is 98.8 Å². The standard InChI is InChI=1S/C30H39ClN2O2/c1-18-20(3)33(17-22-11-9-8-10-12-22)29-25(18)27(23-13-15-24(31)16-14-23)26(19(2)32-29)28(21(4)34)35-30(5,6)7/h13-16,22,28H,8-12,17H2,1-7H3/t28-/m1/s1. The highest BCUT2D eigenvalue weighted by Crippen LogP contribution is 2.43. The van der Waals surface area contributed by atoms with Gasteiger partial charge in [-0.2, -0.15) is 0 Å². The van der Waals surface area contributed by atoms with Gasteiger partial charge in [0.15, 0.2) is 5.78 Å². The first-order valence-corrected chi connectivity index (χ1v) is 13.3. The van der Waals surface area contributed by atoms with Crippen LogP contribution in [-0.2, 0) is 16.1 Å². The normalized spacial score (nSPS) is 16.1. The number of ether oxygens (including phenoxy) is 1. The number of benzene rings is 1. The van der Waals surface area contributed by atoms with Gasteiger partial charge in [0.2, 0.25) is 0 Å². The van der Waals surface area contributed by atoms with E-state index in [2.05, 4.69) is 18.4 Å². The van der Waals surface area contributed by atoms with Crippen LogP contribution in [0.1, 0.15) is 88.4 Å². The van der Waals surface area contributed by atoms with Gasteiger partial charge in [0.1, 0.15) is 11.8 Å². The Morgan fingerprint density at radius 3 is 2.31 bits per heavy atom. The molecule has 5 heteroatoms. The molecule has 0 bridgehead atoms. The number of aromatic nitrogens is 2. The molecule has 1 aromatic carbocycles. The van der Waals surface area contributed by atoms with E-state index in [0.29, 0.717) is 10.9 Å². The molecule has 0 amide bonds. The van der Waals surface area contributed by atoms with Crippen LogP contribution in [0.2, 0.25) is 5.02 Å². The minimum Gasteiger partial charge on any atom is -0.360 e. The van der Waals surface area contributed by atoms with Crippen molar-refractivity contribution in [1.29, 1.82) is 0 Å². The largest absolute Gasteiger partial charge is 0.360 e. The quantitative estimate of drug-likeness (QED) is 0.346. The lowest BCUT2D eigenvalue weighted by atomic mass is 9.89. The molecule has 4 rings (SSSR count). The number of ketones is 1. The third-order valence-electron chi connectivity index (χ3n) is 7.39. The summed E-state index contributed by atoms with van der Waals surface area (Å²) >= 11 is 6.26.